The summed E-state index contributed by atoms with van der Waals surface area (Å²) in [5, 5.41) is 10.8. The molecule has 2 heterocycles. The predicted octanol–water partition coefficient (Wildman–Crippen LogP) is 1.79. The van der Waals surface area contributed by atoms with Crippen LogP contribution in [-0.2, 0) is 9.53 Å². The van der Waals surface area contributed by atoms with Crippen LogP contribution >= 0.6 is 34.4 Å². The molecule has 8 nitrogen and oxygen atoms in total. The van der Waals surface area contributed by atoms with Gasteiger partial charge in [0.25, 0.3) is 0 Å². The molecule has 2 aromatic rings. The summed E-state index contributed by atoms with van der Waals surface area (Å²) in [6.45, 7) is 3.71. The number of hydrogen-bond donors (Lipinski definition) is 2. The fraction of sp³-hybridized carbons (Fsp3) is 0.364. The van der Waals surface area contributed by atoms with Gasteiger partial charge in [-0.15, -0.1) is 10.2 Å². The van der Waals surface area contributed by atoms with Crippen molar-refractivity contribution in [2.45, 2.75) is 18.2 Å². The van der Waals surface area contributed by atoms with Gasteiger partial charge in [-0.05, 0) is 13.8 Å². The maximum absolute atomic E-state index is 11.9. The Balaban J connectivity index is 1.91. The number of nitrogens with zero attached hydrogens (tertiary/aromatic N) is 3. The van der Waals surface area contributed by atoms with Crippen LogP contribution in [0.2, 0.25) is 0 Å². The van der Waals surface area contributed by atoms with E-state index in [1.807, 2.05) is 0 Å². The van der Waals surface area contributed by atoms with Gasteiger partial charge in [-0.1, -0.05) is 34.4 Å². The molecule has 0 saturated carbocycles. The minimum Gasteiger partial charge on any atom is -0.462 e. The van der Waals surface area contributed by atoms with Crippen molar-refractivity contribution in [1.29, 1.82) is 0 Å². The molecular formula is C11H13N5O3S3. The zero-order valence-corrected chi connectivity index (χ0v) is 14.2. The third-order valence-corrected chi connectivity index (χ3v) is 5.19. The summed E-state index contributed by atoms with van der Waals surface area (Å²) in [5.74, 6) is -0.526. The van der Waals surface area contributed by atoms with Crippen LogP contribution in [0.15, 0.2) is 4.34 Å². The van der Waals surface area contributed by atoms with Crippen molar-refractivity contribution < 1.29 is 14.3 Å². The summed E-state index contributed by atoms with van der Waals surface area (Å²) in [6, 6.07) is 0. The number of rotatable bonds is 6. The van der Waals surface area contributed by atoms with E-state index in [2.05, 4.69) is 20.5 Å². The number of amides is 1. The highest BCUT2D eigenvalue weighted by Gasteiger charge is 2.17. The lowest BCUT2D eigenvalue weighted by Gasteiger charge is -1.99. The number of nitrogens with one attached hydrogen (secondary N) is 1. The lowest BCUT2D eigenvalue weighted by molar-refractivity contribution is -0.113. The fourth-order valence-corrected chi connectivity index (χ4v) is 3.71. The van der Waals surface area contributed by atoms with Gasteiger partial charge in [0.05, 0.1) is 18.1 Å². The van der Waals surface area contributed by atoms with Crippen molar-refractivity contribution in [1.82, 2.24) is 15.2 Å². The minimum absolute atomic E-state index is 0.155. The normalized spacial score (nSPS) is 10.5. The number of carbonyl (C=O) groups excluding carboxylic acids is 2. The quantitative estimate of drug-likeness (QED) is 0.591. The minimum atomic E-state index is -0.434. The third kappa shape index (κ3) is 4.39. The average Bonchev–Trinajstić information content (AvgIpc) is 3.03. The third-order valence-electron chi connectivity index (χ3n) is 2.25. The Kier molecular flexibility index (Phi) is 5.69. The van der Waals surface area contributed by atoms with Crippen LogP contribution in [0.25, 0.3) is 0 Å². The van der Waals surface area contributed by atoms with Crippen molar-refractivity contribution in [2.75, 3.05) is 23.4 Å². The molecule has 0 aliphatic rings. The number of nitrogens with two attached hydrogens (primary N) is 1. The highest BCUT2D eigenvalue weighted by molar-refractivity contribution is 8.01. The topological polar surface area (TPSA) is 120 Å². The van der Waals surface area contributed by atoms with Gasteiger partial charge >= 0.3 is 5.97 Å². The molecule has 1 amide bonds. The number of ether oxygens (including phenoxy) is 1. The van der Waals surface area contributed by atoms with E-state index in [1.165, 1.54) is 23.1 Å². The Labute approximate surface area is 138 Å². The number of anilines is 2. The standard InChI is InChI=1S/C11H13N5O3S3/c1-3-19-8(18)7-5(2)13-10(21-7)14-6(17)4-20-11-16-15-9(12)22-11/h3-4H2,1-2H3,(H2,12,15)(H,13,14,17). The zero-order chi connectivity index (χ0) is 16.1. The molecule has 22 heavy (non-hydrogen) atoms. The average molecular weight is 359 g/mol. The molecule has 0 saturated heterocycles. The molecule has 0 radical (unpaired) electrons. The number of hydrogen-bond acceptors (Lipinski definition) is 10. The Hall–Kier alpha value is -1.72. The van der Waals surface area contributed by atoms with Crippen LogP contribution in [0.3, 0.4) is 0 Å². The Morgan fingerprint density at radius 2 is 2.14 bits per heavy atom. The summed E-state index contributed by atoms with van der Waals surface area (Å²) in [4.78, 5) is 28.1. The molecule has 3 N–H and O–H groups in total. The van der Waals surface area contributed by atoms with Gasteiger partial charge < -0.3 is 15.8 Å². The zero-order valence-electron chi connectivity index (χ0n) is 11.8. The number of thiazole rings is 1. The number of nitrogen functional groups attached to an aromatic ring is 1. The van der Waals surface area contributed by atoms with Crippen LogP contribution in [-0.4, -0.2) is 39.4 Å². The first-order valence-electron chi connectivity index (χ1n) is 6.15. The predicted molar refractivity (Wildman–Crippen MR) is 86.5 cm³/mol. The molecule has 0 aromatic carbocycles. The van der Waals surface area contributed by atoms with Crippen molar-refractivity contribution in [2.24, 2.45) is 0 Å². The molecule has 0 aliphatic heterocycles. The first kappa shape index (κ1) is 16.6. The van der Waals surface area contributed by atoms with Crippen LogP contribution in [0.5, 0.6) is 0 Å². The maximum Gasteiger partial charge on any atom is 0.350 e. The molecule has 2 rings (SSSR count). The molecule has 2 aromatic heterocycles. The van der Waals surface area contributed by atoms with Crippen molar-refractivity contribution in [3.05, 3.63) is 10.6 Å². The smallest absolute Gasteiger partial charge is 0.350 e. The number of aryl methyl sites for hydroxylation is 1. The van der Waals surface area contributed by atoms with Crippen LogP contribution in [0.1, 0.15) is 22.3 Å². The van der Waals surface area contributed by atoms with Crippen LogP contribution < -0.4 is 11.1 Å². The first-order chi connectivity index (χ1) is 10.5. The number of carbonyl (C=O) groups is 2. The van der Waals surface area contributed by atoms with Crippen molar-refractivity contribution >= 4 is 56.6 Å². The van der Waals surface area contributed by atoms with Gasteiger partial charge in [-0.3, -0.25) is 4.79 Å². The van der Waals surface area contributed by atoms with Gasteiger partial charge in [0.2, 0.25) is 11.0 Å². The Morgan fingerprint density at radius 1 is 1.36 bits per heavy atom. The molecule has 0 fully saturated rings. The number of thioether (sulfide) groups is 1. The second kappa shape index (κ2) is 7.51. The van der Waals surface area contributed by atoms with E-state index in [-0.39, 0.29) is 11.7 Å². The van der Waals surface area contributed by atoms with E-state index < -0.39 is 5.97 Å². The van der Waals surface area contributed by atoms with Crippen LogP contribution in [0.4, 0.5) is 10.3 Å². The summed E-state index contributed by atoms with van der Waals surface area (Å²) in [7, 11) is 0. The van der Waals surface area contributed by atoms with E-state index in [0.717, 1.165) is 11.3 Å². The van der Waals surface area contributed by atoms with Gasteiger partial charge in [0.1, 0.15) is 4.88 Å². The Morgan fingerprint density at radius 3 is 2.77 bits per heavy atom. The highest BCUT2D eigenvalue weighted by atomic mass is 32.2. The molecule has 0 aliphatic carbocycles. The summed E-state index contributed by atoms with van der Waals surface area (Å²) >= 11 is 3.54. The van der Waals surface area contributed by atoms with E-state index in [9.17, 15) is 9.59 Å². The maximum atomic E-state index is 11.9. The fourth-order valence-electron chi connectivity index (χ4n) is 1.40. The summed E-state index contributed by atoms with van der Waals surface area (Å²) in [6.07, 6.45) is 0. The highest BCUT2D eigenvalue weighted by Crippen LogP contribution is 2.25. The first-order valence-corrected chi connectivity index (χ1v) is 8.77. The van der Waals surface area contributed by atoms with Gasteiger partial charge in [0.15, 0.2) is 9.47 Å². The monoisotopic (exact) mass is 359 g/mol. The summed E-state index contributed by atoms with van der Waals surface area (Å²) in [5.41, 5.74) is 5.99. The number of aromatic nitrogens is 3. The van der Waals surface area contributed by atoms with Gasteiger partial charge in [0, 0.05) is 0 Å². The van der Waals surface area contributed by atoms with Gasteiger partial charge in [-0.25, -0.2) is 9.78 Å². The largest absolute Gasteiger partial charge is 0.462 e. The molecule has 0 bridgehead atoms. The Bertz CT molecular complexity index is 684. The van der Waals surface area contributed by atoms with Crippen molar-refractivity contribution in [3.63, 3.8) is 0 Å². The van der Waals surface area contributed by atoms with Crippen molar-refractivity contribution in [3.8, 4) is 0 Å². The number of esters is 1. The molecule has 11 heteroatoms. The van der Waals surface area contributed by atoms with E-state index in [4.69, 9.17) is 10.5 Å². The SMILES string of the molecule is CCOC(=O)c1sc(NC(=O)CSc2nnc(N)s2)nc1C. The lowest BCUT2D eigenvalue weighted by Crippen LogP contribution is -2.13. The lowest BCUT2D eigenvalue weighted by atomic mass is 10.4. The molecule has 0 unspecified atom stereocenters. The second-order valence-electron chi connectivity index (χ2n) is 3.90. The van der Waals surface area contributed by atoms with E-state index in [0.29, 0.717) is 31.8 Å². The van der Waals surface area contributed by atoms with E-state index >= 15 is 0 Å². The molecular weight excluding hydrogens is 346 g/mol. The molecule has 0 atom stereocenters. The molecule has 0 spiro atoms. The van der Waals surface area contributed by atoms with E-state index in [1.54, 1.807) is 13.8 Å². The van der Waals surface area contributed by atoms with Gasteiger partial charge in [-0.2, -0.15) is 0 Å². The summed E-state index contributed by atoms with van der Waals surface area (Å²) < 4.78 is 5.54. The van der Waals surface area contributed by atoms with Crippen LogP contribution in [0, 0.1) is 6.92 Å². The second-order valence-corrected chi connectivity index (χ2v) is 7.13. The molecule has 118 valence electrons.